The van der Waals surface area contributed by atoms with Gasteiger partial charge in [-0.05, 0) is 38.0 Å². The summed E-state index contributed by atoms with van der Waals surface area (Å²) in [6.07, 6.45) is 8.27. The molecule has 2 atom stereocenters. The van der Waals surface area contributed by atoms with Crippen molar-refractivity contribution in [3.63, 3.8) is 0 Å². The van der Waals surface area contributed by atoms with Gasteiger partial charge in [0.25, 0.3) is 0 Å². The Hall–Kier alpha value is -0.150. The van der Waals surface area contributed by atoms with Crippen molar-refractivity contribution in [3.8, 4) is 0 Å². The lowest BCUT2D eigenvalue weighted by Crippen LogP contribution is -2.50. The largest absolute Gasteiger partial charge is 0.375 e. The van der Waals surface area contributed by atoms with Gasteiger partial charge in [0.15, 0.2) is 0 Å². The van der Waals surface area contributed by atoms with E-state index in [2.05, 4.69) is 0 Å². The summed E-state index contributed by atoms with van der Waals surface area (Å²) in [4.78, 5) is 0. The third-order valence-electron chi connectivity index (χ3n) is 4.92. The maximum absolute atomic E-state index is 14.7. The number of hydrogen-bond donors (Lipinski definition) is 1. The average molecular weight is 243 g/mol. The fourth-order valence-corrected chi connectivity index (χ4v) is 3.61. The minimum absolute atomic E-state index is 0.0111. The molecular weight excluding hydrogens is 217 g/mol. The van der Waals surface area contributed by atoms with Gasteiger partial charge in [0.05, 0.1) is 5.60 Å². The molecule has 1 aliphatic heterocycles. The highest BCUT2D eigenvalue weighted by Gasteiger charge is 2.46. The van der Waals surface area contributed by atoms with E-state index in [0.29, 0.717) is 6.42 Å². The minimum atomic E-state index is -1.17. The van der Waals surface area contributed by atoms with Gasteiger partial charge in [-0.2, -0.15) is 0 Å². The lowest BCUT2D eigenvalue weighted by Gasteiger charge is -2.47. The van der Waals surface area contributed by atoms with Gasteiger partial charge in [0, 0.05) is 13.2 Å². The number of halogens is 1. The molecule has 0 bridgehead atoms. The summed E-state index contributed by atoms with van der Waals surface area (Å²) in [6.45, 7) is 2.79. The quantitative estimate of drug-likeness (QED) is 0.826. The van der Waals surface area contributed by atoms with E-state index in [1.807, 2.05) is 6.92 Å². The van der Waals surface area contributed by atoms with E-state index in [1.165, 1.54) is 19.3 Å². The summed E-state index contributed by atoms with van der Waals surface area (Å²) < 4.78 is 20.7. The van der Waals surface area contributed by atoms with Crippen LogP contribution in [0.5, 0.6) is 0 Å². The van der Waals surface area contributed by atoms with Crippen LogP contribution in [0.3, 0.4) is 0 Å². The van der Waals surface area contributed by atoms with Crippen LogP contribution in [0.4, 0.5) is 4.39 Å². The molecule has 0 radical (unpaired) electrons. The molecule has 2 nitrogen and oxygen atoms in total. The predicted molar refractivity (Wildman–Crippen MR) is 67.7 cm³/mol. The predicted octanol–water partition coefficient (Wildman–Crippen LogP) is 3.19. The van der Waals surface area contributed by atoms with Gasteiger partial charge in [-0.3, -0.25) is 0 Å². The maximum atomic E-state index is 14.7. The summed E-state index contributed by atoms with van der Waals surface area (Å²) in [6, 6.07) is 0. The summed E-state index contributed by atoms with van der Waals surface area (Å²) in [7, 11) is 0. The molecule has 1 saturated heterocycles. The molecule has 2 rings (SSSR count). The first kappa shape index (κ1) is 13.3. The topological polar surface area (TPSA) is 35.2 Å². The second-order valence-electron chi connectivity index (χ2n) is 5.87. The average Bonchev–Trinajstić information content (AvgIpc) is 2.39. The van der Waals surface area contributed by atoms with E-state index in [1.54, 1.807) is 0 Å². The first-order valence-electron chi connectivity index (χ1n) is 7.17. The third kappa shape index (κ3) is 2.65. The molecule has 2 N–H and O–H groups in total. The first-order chi connectivity index (χ1) is 8.14. The molecule has 1 aliphatic carbocycles. The summed E-state index contributed by atoms with van der Waals surface area (Å²) in [5, 5.41) is 0. The highest BCUT2D eigenvalue weighted by Crippen LogP contribution is 2.45. The zero-order valence-corrected chi connectivity index (χ0v) is 11.0. The Morgan fingerprint density at radius 2 is 2.06 bits per heavy atom. The molecule has 100 valence electrons. The van der Waals surface area contributed by atoms with Crippen molar-refractivity contribution >= 4 is 0 Å². The van der Waals surface area contributed by atoms with E-state index in [4.69, 9.17) is 10.5 Å². The molecule has 0 aromatic carbocycles. The monoisotopic (exact) mass is 243 g/mol. The van der Waals surface area contributed by atoms with E-state index >= 15 is 0 Å². The number of hydrogen-bond acceptors (Lipinski definition) is 2. The Bertz CT molecular complexity index is 241. The van der Waals surface area contributed by atoms with E-state index in [0.717, 1.165) is 32.3 Å². The van der Waals surface area contributed by atoms with Gasteiger partial charge in [0.2, 0.25) is 0 Å². The SMILES string of the molecule is CCC(F)(CN)C1CCOC2(CCCCC2)C1. The van der Waals surface area contributed by atoms with Crippen molar-refractivity contribution in [1.82, 2.24) is 0 Å². The van der Waals surface area contributed by atoms with Crippen molar-refractivity contribution in [2.24, 2.45) is 11.7 Å². The van der Waals surface area contributed by atoms with Crippen molar-refractivity contribution in [2.75, 3.05) is 13.2 Å². The number of rotatable bonds is 3. The number of alkyl halides is 1. The van der Waals surface area contributed by atoms with Gasteiger partial charge < -0.3 is 10.5 Å². The van der Waals surface area contributed by atoms with Crippen LogP contribution in [0.15, 0.2) is 0 Å². The number of ether oxygens (including phenoxy) is 1. The standard InChI is InChI=1S/C14H26FNO/c1-2-14(15,11-16)12-6-9-17-13(10-12)7-4-3-5-8-13/h12H,2-11,16H2,1H3. The highest BCUT2D eigenvalue weighted by atomic mass is 19.1. The molecule has 0 aromatic rings. The Morgan fingerprint density at radius 1 is 1.35 bits per heavy atom. The van der Waals surface area contributed by atoms with Gasteiger partial charge in [-0.1, -0.05) is 26.2 Å². The van der Waals surface area contributed by atoms with Crippen LogP contribution in [0.2, 0.25) is 0 Å². The molecule has 3 heteroatoms. The smallest absolute Gasteiger partial charge is 0.125 e. The van der Waals surface area contributed by atoms with E-state index in [-0.39, 0.29) is 18.1 Å². The molecule has 1 heterocycles. The van der Waals surface area contributed by atoms with Crippen molar-refractivity contribution in [3.05, 3.63) is 0 Å². The second kappa shape index (κ2) is 5.23. The van der Waals surface area contributed by atoms with Crippen LogP contribution in [0.1, 0.15) is 58.3 Å². The Balaban J connectivity index is 2.05. The Kier molecular flexibility index (Phi) is 4.09. The fourth-order valence-electron chi connectivity index (χ4n) is 3.61. The highest BCUT2D eigenvalue weighted by molar-refractivity contribution is 4.97. The Labute approximate surface area is 104 Å². The fraction of sp³-hybridized carbons (Fsp3) is 1.00. The van der Waals surface area contributed by atoms with Gasteiger partial charge in [-0.15, -0.1) is 0 Å². The molecule has 2 fully saturated rings. The third-order valence-corrected chi connectivity index (χ3v) is 4.92. The molecule has 0 aromatic heterocycles. The zero-order chi connectivity index (χ0) is 12.4. The van der Waals surface area contributed by atoms with Gasteiger partial charge in [0.1, 0.15) is 5.67 Å². The zero-order valence-electron chi connectivity index (χ0n) is 11.0. The van der Waals surface area contributed by atoms with Crippen molar-refractivity contribution < 1.29 is 9.13 Å². The first-order valence-corrected chi connectivity index (χ1v) is 7.17. The lowest BCUT2D eigenvalue weighted by molar-refractivity contribution is -0.140. The molecule has 1 spiro atoms. The Morgan fingerprint density at radius 3 is 2.65 bits per heavy atom. The van der Waals surface area contributed by atoms with Crippen LogP contribution in [0, 0.1) is 5.92 Å². The summed E-state index contributed by atoms with van der Waals surface area (Å²) in [5.74, 6) is 0.101. The molecule has 0 amide bonds. The van der Waals surface area contributed by atoms with Crippen LogP contribution < -0.4 is 5.73 Å². The van der Waals surface area contributed by atoms with Crippen LogP contribution in [0.25, 0.3) is 0 Å². The molecular formula is C14H26FNO. The second-order valence-corrected chi connectivity index (χ2v) is 5.87. The van der Waals surface area contributed by atoms with Crippen molar-refractivity contribution in [2.45, 2.75) is 69.6 Å². The molecule has 2 unspecified atom stereocenters. The van der Waals surface area contributed by atoms with Gasteiger partial charge in [-0.25, -0.2) is 4.39 Å². The molecule has 2 aliphatic rings. The van der Waals surface area contributed by atoms with Crippen molar-refractivity contribution in [1.29, 1.82) is 0 Å². The van der Waals surface area contributed by atoms with Gasteiger partial charge >= 0.3 is 0 Å². The van der Waals surface area contributed by atoms with E-state index < -0.39 is 5.67 Å². The number of nitrogens with two attached hydrogens (primary N) is 1. The van der Waals surface area contributed by atoms with E-state index in [9.17, 15) is 4.39 Å². The summed E-state index contributed by atoms with van der Waals surface area (Å²) >= 11 is 0. The normalized spacial score (nSPS) is 32.3. The maximum Gasteiger partial charge on any atom is 0.125 e. The van der Waals surface area contributed by atoms with Crippen LogP contribution >= 0.6 is 0 Å². The lowest BCUT2D eigenvalue weighted by atomic mass is 9.70. The van der Waals surface area contributed by atoms with Crippen LogP contribution in [-0.4, -0.2) is 24.4 Å². The minimum Gasteiger partial charge on any atom is -0.375 e. The molecule has 1 saturated carbocycles. The summed E-state index contributed by atoms with van der Waals surface area (Å²) in [5.41, 5.74) is 4.47. The van der Waals surface area contributed by atoms with Crippen LogP contribution in [-0.2, 0) is 4.74 Å². The molecule has 17 heavy (non-hydrogen) atoms.